The molecule has 4 heteroatoms. The van der Waals surface area contributed by atoms with Crippen molar-refractivity contribution in [3.8, 4) is 0 Å². The van der Waals surface area contributed by atoms with Crippen molar-refractivity contribution in [1.29, 1.82) is 5.41 Å². The van der Waals surface area contributed by atoms with E-state index < -0.39 is 0 Å². The van der Waals surface area contributed by atoms with E-state index in [1.807, 2.05) is 18.2 Å². The summed E-state index contributed by atoms with van der Waals surface area (Å²) in [5.41, 5.74) is 7.28. The van der Waals surface area contributed by atoms with E-state index in [0.29, 0.717) is 16.6 Å². The van der Waals surface area contributed by atoms with Crippen LogP contribution in [0.15, 0.2) is 18.2 Å². The van der Waals surface area contributed by atoms with Crippen molar-refractivity contribution in [3.63, 3.8) is 0 Å². The molecule has 1 aliphatic heterocycles. The number of nitrogens with zero attached hydrogens (tertiary/aromatic N) is 1. The second-order valence-electron chi connectivity index (χ2n) is 5.18. The number of rotatable bonds is 3. The Morgan fingerprint density at radius 1 is 1.42 bits per heavy atom. The van der Waals surface area contributed by atoms with Crippen molar-refractivity contribution in [2.75, 3.05) is 11.4 Å². The van der Waals surface area contributed by atoms with Crippen LogP contribution in [-0.4, -0.2) is 18.4 Å². The van der Waals surface area contributed by atoms with Crippen molar-refractivity contribution in [2.24, 2.45) is 5.73 Å². The molecule has 0 saturated carbocycles. The van der Waals surface area contributed by atoms with Gasteiger partial charge < -0.3 is 10.6 Å². The van der Waals surface area contributed by atoms with E-state index in [-0.39, 0.29) is 5.84 Å². The van der Waals surface area contributed by atoms with Crippen LogP contribution >= 0.6 is 11.6 Å². The summed E-state index contributed by atoms with van der Waals surface area (Å²) in [6.07, 6.45) is 6.28. The molecule has 1 aromatic carbocycles. The number of nitrogens with one attached hydrogen (secondary N) is 1. The minimum Gasteiger partial charge on any atom is -0.384 e. The average molecular weight is 280 g/mol. The number of nitrogen functional groups attached to an aromatic ring is 1. The topological polar surface area (TPSA) is 53.1 Å². The maximum atomic E-state index is 7.48. The summed E-state index contributed by atoms with van der Waals surface area (Å²) >= 11 is 6.23. The van der Waals surface area contributed by atoms with Crippen LogP contribution in [0.2, 0.25) is 5.02 Å². The molecule has 0 aromatic heterocycles. The lowest BCUT2D eigenvalue weighted by Gasteiger charge is -2.31. The third kappa shape index (κ3) is 3.21. The van der Waals surface area contributed by atoms with Crippen LogP contribution in [0, 0.1) is 5.41 Å². The molecule has 19 heavy (non-hydrogen) atoms. The predicted molar refractivity (Wildman–Crippen MR) is 82.4 cm³/mol. The fourth-order valence-electron chi connectivity index (χ4n) is 2.84. The standard InChI is InChI=1S/C15H22ClN3/c1-2-11-6-4-3-5-9-19(11)12-7-8-13(15(17)18)14(16)10-12/h7-8,10-11H,2-6,9H2,1H3,(H3,17,18). The van der Waals surface area contributed by atoms with Gasteiger partial charge in [0.2, 0.25) is 0 Å². The molecule has 1 unspecified atom stereocenters. The van der Waals surface area contributed by atoms with E-state index in [1.165, 1.54) is 25.7 Å². The van der Waals surface area contributed by atoms with E-state index in [2.05, 4.69) is 11.8 Å². The molecule has 0 bridgehead atoms. The van der Waals surface area contributed by atoms with Crippen LogP contribution in [0.4, 0.5) is 5.69 Å². The highest BCUT2D eigenvalue weighted by Crippen LogP contribution is 2.29. The monoisotopic (exact) mass is 279 g/mol. The molecule has 1 aromatic rings. The van der Waals surface area contributed by atoms with Crippen molar-refractivity contribution < 1.29 is 0 Å². The lowest BCUT2D eigenvalue weighted by Crippen LogP contribution is -2.34. The molecule has 104 valence electrons. The SMILES string of the molecule is CCC1CCCCCN1c1ccc(C(=N)N)c(Cl)c1. The second-order valence-corrected chi connectivity index (χ2v) is 5.59. The molecule has 0 aliphatic carbocycles. The Balaban J connectivity index is 2.28. The average Bonchev–Trinajstić information content (AvgIpc) is 2.63. The first-order chi connectivity index (χ1) is 9.13. The van der Waals surface area contributed by atoms with Crippen LogP contribution in [0.3, 0.4) is 0 Å². The van der Waals surface area contributed by atoms with Gasteiger partial charge in [0.1, 0.15) is 5.84 Å². The molecular formula is C15H22ClN3. The van der Waals surface area contributed by atoms with E-state index in [0.717, 1.165) is 18.7 Å². The highest BCUT2D eigenvalue weighted by molar-refractivity contribution is 6.34. The summed E-state index contributed by atoms with van der Waals surface area (Å²) < 4.78 is 0. The van der Waals surface area contributed by atoms with Gasteiger partial charge in [0, 0.05) is 23.8 Å². The lowest BCUT2D eigenvalue weighted by atomic mass is 10.1. The predicted octanol–water partition coefficient (Wildman–Crippen LogP) is 3.78. The van der Waals surface area contributed by atoms with Crippen molar-refractivity contribution >= 4 is 23.1 Å². The minimum atomic E-state index is 0.0273. The van der Waals surface area contributed by atoms with Gasteiger partial charge in [-0.05, 0) is 37.5 Å². The molecule has 0 amide bonds. The van der Waals surface area contributed by atoms with Gasteiger partial charge >= 0.3 is 0 Å². The normalized spacial score (nSPS) is 20.1. The van der Waals surface area contributed by atoms with Crippen LogP contribution in [0.25, 0.3) is 0 Å². The smallest absolute Gasteiger partial charge is 0.124 e. The summed E-state index contributed by atoms with van der Waals surface area (Å²) in [5.74, 6) is 0.0273. The van der Waals surface area contributed by atoms with Gasteiger partial charge in [-0.2, -0.15) is 0 Å². The van der Waals surface area contributed by atoms with Crippen LogP contribution < -0.4 is 10.6 Å². The van der Waals surface area contributed by atoms with E-state index in [1.54, 1.807) is 0 Å². The van der Waals surface area contributed by atoms with Crippen molar-refractivity contribution in [3.05, 3.63) is 28.8 Å². The zero-order valence-electron chi connectivity index (χ0n) is 11.5. The highest BCUT2D eigenvalue weighted by Gasteiger charge is 2.20. The second kappa shape index (κ2) is 6.29. The Labute approximate surface area is 120 Å². The van der Waals surface area contributed by atoms with Gasteiger partial charge in [0.05, 0.1) is 5.02 Å². The number of hydrogen-bond donors (Lipinski definition) is 2. The summed E-state index contributed by atoms with van der Waals surface area (Å²) in [5, 5.41) is 8.05. The summed E-state index contributed by atoms with van der Waals surface area (Å²) in [4.78, 5) is 2.46. The summed E-state index contributed by atoms with van der Waals surface area (Å²) in [6, 6.07) is 6.45. The van der Waals surface area contributed by atoms with Gasteiger partial charge in [-0.3, -0.25) is 5.41 Å². The molecule has 0 spiro atoms. The summed E-state index contributed by atoms with van der Waals surface area (Å²) in [7, 11) is 0. The minimum absolute atomic E-state index is 0.0273. The third-order valence-electron chi connectivity index (χ3n) is 3.92. The number of nitrogens with two attached hydrogens (primary N) is 1. The molecule has 2 rings (SSSR count). The molecule has 3 N–H and O–H groups in total. The van der Waals surface area contributed by atoms with Crippen molar-refractivity contribution in [1.82, 2.24) is 0 Å². The Morgan fingerprint density at radius 2 is 2.21 bits per heavy atom. The Morgan fingerprint density at radius 3 is 2.84 bits per heavy atom. The zero-order chi connectivity index (χ0) is 13.8. The Hall–Kier alpha value is -1.22. The van der Waals surface area contributed by atoms with Gasteiger partial charge in [-0.25, -0.2) is 0 Å². The van der Waals surface area contributed by atoms with Crippen LogP contribution in [-0.2, 0) is 0 Å². The number of amidine groups is 1. The molecule has 1 aliphatic rings. The maximum Gasteiger partial charge on any atom is 0.124 e. The fourth-order valence-corrected chi connectivity index (χ4v) is 3.12. The Bertz CT molecular complexity index is 459. The number of halogens is 1. The van der Waals surface area contributed by atoms with Crippen LogP contribution in [0.1, 0.15) is 44.6 Å². The molecule has 0 radical (unpaired) electrons. The zero-order valence-corrected chi connectivity index (χ0v) is 12.2. The largest absolute Gasteiger partial charge is 0.384 e. The van der Waals surface area contributed by atoms with Gasteiger partial charge in [-0.1, -0.05) is 31.4 Å². The van der Waals surface area contributed by atoms with E-state index in [4.69, 9.17) is 22.7 Å². The highest BCUT2D eigenvalue weighted by atomic mass is 35.5. The lowest BCUT2D eigenvalue weighted by molar-refractivity contribution is 0.556. The molecule has 1 fully saturated rings. The van der Waals surface area contributed by atoms with E-state index in [9.17, 15) is 0 Å². The maximum absolute atomic E-state index is 7.48. The number of hydrogen-bond acceptors (Lipinski definition) is 2. The third-order valence-corrected chi connectivity index (χ3v) is 4.24. The summed E-state index contributed by atoms with van der Waals surface area (Å²) in [6.45, 7) is 3.34. The first kappa shape index (κ1) is 14.2. The van der Waals surface area contributed by atoms with Gasteiger partial charge in [0.15, 0.2) is 0 Å². The number of benzene rings is 1. The first-order valence-corrected chi connectivity index (χ1v) is 7.42. The van der Waals surface area contributed by atoms with Crippen LogP contribution in [0.5, 0.6) is 0 Å². The van der Waals surface area contributed by atoms with Gasteiger partial charge in [-0.15, -0.1) is 0 Å². The number of anilines is 1. The Kier molecular flexibility index (Phi) is 4.70. The quantitative estimate of drug-likeness (QED) is 0.653. The van der Waals surface area contributed by atoms with E-state index >= 15 is 0 Å². The molecule has 1 saturated heterocycles. The molecule has 1 heterocycles. The molecule has 3 nitrogen and oxygen atoms in total. The van der Waals surface area contributed by atoms with Gasteiger partial charge in [0.25, 0.3) is 0 Å². The fraction of sp³-hybridized carbons (Fsp3) is 0.533. The molecule has 1 atom stereocenters. The van der Waals surface area contributed by atoms with Crippen molar-refractivity contribution in [2.45, 2.75) is 45.1 Å². The first-order valence-electron chi connectivity index (χ1n) is 7.04. The molecular weight excluding hydrogens is 258 g/mol.